The van der Waals surface area contributed by atoms with Crippen molar-refractivity contribution in [3.8, 4) is 0 Å². The van der Waals surface area contributed by atoms with Crippen molar-refractivity contribution in [3.05, 3.63) is 33.3 Å². The van der Waals surface area contributed by atoms with Gasteiger partial charge < -0.3 is 4.74 Å². The molecule has 0 radical (unpaired) electrons. The second-order valence-corrected chi connectivity index (χ2v) is 3.76. The molecule has 0 spiro atoms. The van der Waals surface area contributed by atoms with Gasteiger partial charge in [-0.2, -0.15) is 0 Å². The molecular weight excluding hydrogens is 227 g/mol. The van der Waals surface area contributed by atoms with Crippen LogP contribution in [0.25, 0.3) is 0 Å². The maximum atomic E-state index is 5.82. The van der Waals surface area contributed by atoms with Gasteiger partial charge in [0.15, 0.2) is 0 Å². The van der Waals surface area contributed by atoms with E-state index in [9.17, 15) is 0 Å². The van der Waals surface area contributed by atoms with Crippen LogP contribution in [0.15, 0.2) is 22.7 Å². The van der Waals surface area contributed by atoms with E-state index in [1.165, 1.54) is 5.56 Å². The molecule has 0 amide bonds. The molecule has 0 aliphatic carbocycles. The lowest BCUT2D eigenvalue weighted by molar-refractivity contribution is 0.415. The summed E-state index contributed by atoms with van der Waals surface area (Å²) in [4.78, 5) is 0. The van der Waals surface area contributed by atoms with Crippen molar-refractivity contribution in [3.63, 3.8) is 0 Å². The van der Waals surface area contributed by atoms with E-state index in [0.717, 1.165) is 16.1 Å². The van der Waals surface area contributed by atoms with Crippen molar-refractivity contribution in [2.24, 2.45) is 0 Å². The molecule has 1 saturated heterocycles. The second-order valence-electron chi connectivity index (χ2n) is 2.50. The number of benzene rings is 1. The molecule has 0 saturated carbocycles. The molecular formula is C8H6BrClO. The van der Waals surface area contributed by atoms with Gasteiger partial charge in [-0.05, 0) is 33.6 Å². The topological polar surface area (TPSA) is 12.5 Å². The summed E-state index contributed by atoms with van der Waals surface area (Å²) in [6.07, 6.45) is 0.309. The number of rotatable bonds is 1. The fourth-order valence-electron chi connectivity index (χ4n) is 0.953. The van der Waals surface area contributed by atoms with Crippen molar-refractivity contribution in [1.82, 2.24) is 0 Å². The van der Waals surface area contributed by atoms with Crippen LogP contribution in [0.4, 0.5) is 0 Å². The molecule has 0 N–H and O–H groups in total. The third-order valence-corrected chi connectivity index (χ3v) is 2.86. The lowest BCUT2D eigenvalue weighted by Crippen LogP contribution is -1.79. The average Bonchev–Trinajstić information content (AvgIpc) is 2.77. The van der Waals surface area contributed by atoms with Gasteiger partial charge in [0.05, 0.1) is 11.6 Å². The van der Waals surface area contributed by atoms with Crippen LogP contribution in [0.2, 0.25) is 5.02 Å². The zero-order valence-electron chi connectivity index (χ0n) is 5.68. The molecule has 1 aromatic carbocycles. The van der Waals surface area contributed by atoms with Gasteiger partial charge in [0.25, 0.3) is 0 Å². The maximum Gasteiger partial charge on any atom is 0.106 e. The molecule has 1 aliphatic rings. The van der Waals surface area contributed by atoms with Crippen LogP contribution < -0.4 is 0 Å². The first-order valence-corrected chi connectivity index (χ1v) is 4.51. The van der Waals surface area contributed by atoms with Gasteiger partial charge in [0, 0.05) is 4.47 Å². The minimum absolute atomic E-state index is 0.309. The Bertz CT molecular complexity index is 283. The molecule has 11 heavy (non-hydrogen) atoms. The molecule has 1 atom stereocenters. The number of epoxide rings is 1. The van der Waals surface area contributed by atoms with Crippen LogP contribution in [0.1, 0.15) is 11.7 Å². The van der Waals surface area contributed by atoms with E-state index in [2.05, 4.69) is 15.9 Å². The van der Waals surface area contributed by atoms with Crippen molar-refractivity contribution in [2.75, 3.05) is 6.61 Å². The molecule has 1 heterocycles. The van der Waals surface area contributed by atoms with E-state index in [0.29, 0.717) is 6.10 Å². The first kappa shape index (κ1) is 7.59. The highest BCUT2D eigenvalue weighted by molar-refractivity contribution is 9.10. The summed E-state index contributed by atoms with van der Waals surface area (Å²) in [5.74, 6) is 0. The summed E-state index contributed by atoms with van der Waals surface area (Å²) >= 11 is 9.17. The van der Waals surface area contributed by atoms with Gasteiger partial charge in [-0.15, -0.1) is 0 Å². The summed E-state index contributed by atoms with van der Waals surface area (Å²) in [5.41, 5.74) is 1.20. The van der Waals surface area contributed by atoms with Crippen LogP contribution in [0, 0.1) is 0 Å². The van der Waals surface area contributed by atoms with E-state index in [4.69, 9.17) is 16.3 Å². The van der Waals surface area contributed by atoms with Crippen LogP contribution in [-0.4, -0.2) is 6.61 Å². The fraction of sp³-hybridized carbons (Fsp3) is 0.250. The smallest absolute Gasteiger partial charge is 0.106 e. The number of halogens is 2. The van der Waals surface area contributed by atoms with E-state index >= 15 is 0 Å². The lowest BCUT2D eigenvalue weighted by Gasteiger charge is -1.98. The lowest BCUT2D eigenvalue weighted by atomic mass is 10.2. The highest BCUT2D eigenvalue weighted by Crippen LogP contribution is 2.33. The molecule has 1 fully saturated rings. The average molecular weight is 233 g/mol. The van der Waals surface area contributed by atoms with Crippen LogP contribution >= 0.6 is 27.5 Å². The normalized spacial score (nSPS) is 21.8. The molecule has 1 aromatic rings. The highest BCUT2D eigenvalue weighted by atomic mass is 79.9. The van der Waals surface area contributed by atoms with E-state index in [-0.39, 0.29) is 0 Å². The Kier molecular flexibility index (Phi) is 1.91. The van der Waals surface area contributed by atoms with Crippen LogP contribution in [-0.2, 0) is 4.74 Å². The maximum absolute atomic E-state index is 5.82. The SMILES string of the molecule is Clc1ccc([C@H]2CO2)cc1Br. The van der Waals surface area contributed by atoms with Gasteiger partial charge in [-0.1, -0.05) is 17.7 Å². The van der Waals surface area contributed by atoms with Gasteiger partial charge >= 0.3 is 0 Å². The molecule has 1 aliphatic heterocycles. The quantitative estimate of drug-likeness (QED) is 0.679. The first-order chi connectivity index (χ1) is 5.27. The number of ether oxygens (including phenoxy) is 1. The Morgan fingerprint density at radius 1 is 1.55 bits per heavy atom. The molecule has 0 unspecified atom stereocenters. The summed E-state index contributed by atoms with van der Waals surface area (Å²) in [5, 5.41) is 0.745. The van der Waals surface area contributed by atoms with Gasteiger partial charge in [-0.3, -0.25) is 0 Å². The minimum atomic E-state index is 0.309. The summed E-state index contributed by atoms with van der Waals surface area (Å²) < 4.78 is 6.06. The molecule has 58 valence electrons. The molecule has 3 heteroatoms. The summed E-state index contributed by atoms with van der Waals surface area (Å²) in [7, 11) is 0. The molecule has 2 rings (SSSR count). The van der Waals surface area contributed by atoms with Crippen molar-refractivity contribution in [2.45, 2.75) is 6.10 Å². The fourth-order valence-corrected chi connectivity index (χ4v) is 1.47. The third-order valence-electron chi connectivity index (χ3n) is 1.65. The largest absolute Gasteiger partial charge is 0.368 e. The van der Waals surface area contributed by atoms with E-state index in [1.807, 2.05) is 18.2 Å². The first-order valence-electron chi connectivity index (χ1n) is 3.34. The number of hydrogen-bond acceptors (Lipinski definition) is 1. The Labute approximate surface area is 78.4 Å². The van der Waals surface area contributed by atoms with Crippen LogP contribution in [0.3, 0.4) is 0 Å². The Hall–Kier alpha value is -0.0500. The predicted octanol–water partition coefficient (Wildman–Crippen LogP) is 3.17. The van der Waals surface area contributed by atoms with Gasteiger partial charge in [0.2, 0.25) is 0 Å². The van der Waals surface area contributed by atoms with Crippen molar-refractivity contribution >= 4 is 27.5 Å². The van der Waals surface area contributed by atoms with Gasteiger partial charge in [-0.25, -0.2) is 0 Å². The van der Waals surface area contributed by atoms with Crippen molar-refractivity contribution in [1.29, 1.82) is 0 Å². The molecule has 0 aromatic heterocycles. The van der Waals surface area contributed by atoms with E-state index in [1.54, 1.807) is 0 Å². The third kappa shape index (κ3) is 1.58. The minimum Gasteiger partial charge on any atom is -0.368 e. The summed E-state index contributed by atoms with van der Waals surface area (Å²) in [6.45, 7) is 0.841. The van der Waals surface area contributed by atoms with E-state index < -0.39 is 0 Å². The molecule has 1 nitrogen and oxygen atoms in total. The zero-order valence-corrected chi connectivity index (χ0v) is 8.02. The summed E-state index contributed by atoms with van der Waals surface area (Å²) in [6, 6.07) is 5.87. The standard InChI is InChI=1S/C8H6BrClO/c9-6-3-5(8-4-11-8)1-2-7(6)10/h1-3,8H,4H2/t8-/m1/s1. The van der Waals surface area contributed by atoms with Crippen molar-refractivity contribution < 1.29 is 4.74 Å². The predicted molar refractivity (Wildman–Crippen MR) is 47.8 cm³/mol. The highest BCUT2D eigenvalue weighted by Gasteiger charge is 2.24. The van der Waals surface area contributed by atoms with Crippen LogP contribution in [0.5, 0.6) is 0 Å². The Balaban J connectivity index is 2.36. The Morgan fingerprint density at radius 3 is 2.82 bits per heavy atom. The zero-order chi connectivity index (χ0) is 7.84. The Morgan fingerprint density at radius 2 is 2.27 bits per heavy atom. The molecule has 0 bridgehead atoms. The monoisotopic (exact) mass is 232 g/mol. The number of hydrogen-bond donors (Lipinski definition) is 0. The second kappa shape index (κ2) is 2.77. The van der Waals surface area contributed by atoms with Gasteiger partial charge in [0.1, 0.15) is 6.10 Å².